The van der Waals surface area contributed by atoms with Crippen LogP contribution in [-0.2, 0) is 4.79 Å². The Morgan fingerprint density at radius 1 is 1.33 bits per heavy atom. The van der Waals surface area contributed by atoms with Crippen molar-refractivity contribution < 1.29 is 4.79 Å². The van der Waals surface area contributed by atoms with Crippen LogP contribution in [0.1, 0.15) is 32.3 Å². The zero-order chi connectivity index (χ0) is 15.1. The van der Waals surface area contributed by atoms with Crippen molar-refractivity contribution in [2.75, 3.05) is 19.6 Å². The lowest BCUT2D eigenvalue weighted by Crippen LogP contribution is -2.42. The summed E-state index contributed by atoms with van der Waals surface area (Å²) in [5.74, 6) is 0.793. The average molecular weight is 286 g/mol. The zero-order valence-electron chi connectivity index (χ0n) is 13.1. The van der Waals surface area contributed by atoms with Crippen molar-refractivity contribution >= 4 is 12.0 Å². The van der Waals surface area contributed by atoms with Gasteiger partial charge >= 0.3 is 0 Å². The minimum atomic E-state index is 0.137. The van der Waals surface area contributed by atoms with Crippen molar-refractivity contribution in [3.8, 4) is 0 Å². The number of nitrogens with zero attached hydrogens (tertiary/aromatic N) is 1. The smallest absolute Gasteiger partial charge is 0.219 e. The maximum atomic E-state index is 11.9. The number of carbonyl (C=O) groups excluding carboxylic acids is 1. The molecule has 21 heavy (non-hydrogen) atoms. The quantitative estimate of drug-likeness (QED) is 0.902. The second-order valence-corrected chi connectivity index (χ2v) is 5.88. The molecule has 2 rings (SSSR count). The number of carbonyl (C=O) groups is 1. The first kappa shape index (κ1) is 15.8. The normalized spacial score (nSPS) is 17.8. The first-order valence-electron chi connectivity index (χ1n) is 7.88. The maximum absolute atomic E-state index is 11.9. The van der Waals surface area contributed by atoms with Crippen LogP contribution in [0.5, 0.6) is 0 Å². The van der Waals surface area contributed by atoms with Gasteiger partial charge in [-0.2, -0.15) is 0 Å². The molecule has 1 aromatic carbocycles. The van der Waals surface area contributed by atoms with E-state index in [1.807, 2.05) is 23.1 Å². The van der Waals surface area contributed by atoms with E-state index < -0.39 is 0 Å². The molecule has 0 spiro atoms. The van der Waals surface area contributed by atoms with Crippen LogP contribution in [0.15, 0.2) is 36.4 Å². The second-order valence-electron chi connectivity index (χ2n) is 5.88. The first-order valence-corrected chi connectivity index (χ1v) is 7.88. The van der Waals surface area contributed by atoms with Gasteiger partial charge in [0.25, 0.3) is 0 Å². The Labute approximate surface area is 128 Å². The molecule has 1 atom stereocenters. The van der Waals surface area contributed by atoms with E-state index in [9.17, 15) is 4.79 Å². The molecule has 0 bridgehead atoms. The van der Waals surface area contributed by atoms with Crippen LogP contribution in [0.4, 0.5) is 0 Å². The van der Waals surface area contributed by atoms with Gasteiger partial charge in [-0.05, 0) is 44.3 Å². The summed E-state index contributed by atoms with van der Waals surface area (Å²) in [6.07, 6.45) is 6.55. The summed E-state index contributed by atoms with van der Waals surface area (Å²) in [6.45, 7) is 6.79. The lowest BCUT2D eigenvalue weighted by Gasteiger charge is -2.32. The van der Waals surface area contributed by atoms with Crippen LogP contribution in [-0.4, -0.2) is 36.5 Å². The van der Waals surface area contributed by atoms with Gasteiger partial charge in [0, 0.05) is 19.5 Å². The van der Waals surface area contributed by atoms with Crippen molar-refractivity contribution in [3.05, 3.63) is 42.0 Å². The summed E-state index contributed by atoms with van der Waals surface area (Å²) in [5, 5.41) is 3.38. The van der Waals surface area contributed by atoms with E-state index >= 15 is 0 Å². The zero-order valence-corrected chi connectivity index (χ0v) is 13.1. The summed E-state index contributed by atoms with van der Waals surface area (Å²) in [6, 6.07) is 10.4. The van der Waals surface area contributed by atoms with E-state index in [2.05, 4.69) is 36.5 Å². The molecule has 1 heterocycles. The third-order valence-corrected chi connectivity index (χ3v) is 4.18. The van der Waals surface area contributed by atoms with E-state index in [1.54, 1.807) is 6.92 Å². The molecule has 3 nitrogen and oxygen atoms in total. The van der Waals surface area contributed by atoms with Crippen molar-refractivity contribution in [2.24, 2.45) is 5.92 Å². The van der Waals surface area contributed by atoms with E-state index in [0.29, 0.717) is 5.92 Å². The van der Waals surface area contributed by atoms with Gasteiger partial charge in [-0.3, -0.25) is 4.79 Å². The Hall–Kier alpha value is -1.61. The van der Waals surface area contributed by atoms with E-state index in [4.69, 9.17) is 0 Å². The summed E-state index contributed by atoms with van der Waals surface area (Å²) < 4.78 is 0. The molecule has 1 aliphatic heterocycles. The Bertz CT molecular complexity index is 463. The predicted molar refractivity (Wildman–Crippen MR) is 87.9 cm³/mol. The fourth-order valence-corrected chi connectivity index (χ4v) is 2.84. The average Bonchev–Trinajstić information content (AvgIpc) is 2.52. The second kappa shape index (κ2) is 7.99. The molecule has 0 aromatic heterocycles. The predicted octanol–water partition coefficient (Wildman–Crippen LogP) is 2.94. The third-order valence-electron chi connectivity index (χ3n) is 4.18. The molecule has 1 aromatic rings. The molecular weight excluding hydrogens is 260 g/mol. The fraction of sp³-hybridized carbons (Fsp3) is 0.500. The van der Waals surface area contributed by atoms with Crippen LogP contribution in [0.25, 0.3) is 6.08 Å². The van der Waals surface area contributed by atoms with E-state index in [1.165, 1.54) is 18.4 Å². The topological polar surface area (TPSA) is 32.3 Å². The van der Waals surface area contributed by atoms with Crippen LogP contribution in [0, 0.1) is 5.92 Å². The van der Waals surface area contributed by atoms with Gasteiger partial charge in [0.1, 0.15) is 0 Å². The molecule has 1 fully saturated rings. The van der Waals surface area contributed by atoms with Gasteiger partial charge in [-0.15, -0.1) is 0 Å². The first-order chi connectivity index (χ1) is 10.2. The number of amides is 1. The standard InChI is InChI=1S/C18H26N2O/c1-15(8-9-17-6-4-3-5-7-17)20(16(2)21)14-18-10-12-19-13-11-18/h3-9,15,18-19H,10-14H2,1-2H3/b9-8+. The fourth-order valence-electron chi connectivity index (χ4n) is 2.84. The molecular formula is C18H26N2O. The van der Waals surface area contributed by atoms with Crippen LogP contribution in [0.2, 0.25) is 0 Å². The van der Waals surface area contributed by atoms with Gasteiger partial charge in [0.2, 0.25) is 5.91 Å². The van der Waals surface area contributed by atoms with E-state index in [-0.39, 0.29) is 11.9 Å². The number of hydrogen-bond donors (Lipinski definition) is 1. The number of piperidine rings is 1. The van der Waals surface area contributed by atoms with Crippen LogP contribution < -0.4 is 5.32 Å². The highest BCUT2D eigenvalue weighted by Gasteiger charge is 2.21. The molecule has 0 saturated carbocycles. The van der Waals surface area contributed by atoms with Crippen LogP contribution >= 0.6 is 0 Å². The minimum Gasteiger partial charge on any atom is -0.336 e. The van der Waals surface area contributed by atoms with Crippen molar-refractivity contribution in [2.45, 2.75) is 32.7 Å². The number of benzene rings is 1. The molecule has 1 amide bonds. The number of nitrogens with one attached hydrogen (secondary N) is 1. The molecule has 1 saturated heterocycles. The lowest BCUT2D eigenvalue weighted by atomic mass is 9.97. The Kier molecular flexibility index (Phi) is 6.00. The van der Waals surface area contributed by atoms with Gasteiger partial charge in [0.15, 0.2) is 0 Å². The summed E-state index contributed by atoms with van der Waals surface area (Å²) in [5.41, 5.74) is 1.18. The van der Waals surface area contributed by atoms with Crippen LogP contribution in [0.3, 0.4) is 0 Å². The highest BCUT2D eigenvalue weighted by molar-refractivity contribution is 5.74. The summed E-state index contributed by atoms with van der Waals surface area (Å²) in [4.78, 5) is 13.9. The molecule has 1 N–H and O–H groups in total. The molecule has 114 valence electrons. The van der Waals surface area contributed by atoms with Gasteiger partial charge in [-0.1, -0.05) is 42.5 Å². The largest absolute Gasteiger partial charge is 0.336 e. The Morgan fingerprint density at radius 2 is 2.00 bits per heavy atom. The third kappa shape index (κ3) is 5.01. The summed E-state index contributed by atoms with van der Waals surface area (Å²) >= 11 is 0. The SMILES string of the molecule is CC(=O)N(CC1CCNCC1)C(C)/C=C/c1ccccc1. The van der Waals surface area contributed by atoms with Crippen molar-refractivity contribution in [3.63, 3.8) is 0 Å². The van der Waals surface area contributed by atoms with Crippen molar-refractivity contribution in [1.82, 2.24) is 10.2 Å². The molecule has 0 radical (unpaired) electrons. The lowest BCUT2D eigenvalue weighted by molar-refractivity contribution is -0.130. The highest BCUT2D eigenvalue weighted by Crippen LogP contribution is 2.16. The molecule has 1 unspecified atom stereocenters. The van der Waals surface area contributed by atoms with Gasteiger partial charge in [-0.25, -0.2) is 0 Å². The molecule has 3 heteroatoms. The maximum Gasteiger partial charge on any atom is 0.219 e. The monoisotopic (exact) mass is 286 g/mol. The van der Waals surface area contributed by atoms with Gasteiger partial charge < -0.3 is 10.2 Å². The highest BCUT2D eigenvalue weighted by atomic mass is 16.2. The minimum absolute atomic E-state index is 0.137. The van der Waals surface area contributed by atoms with Crippen molar-refractivity contribution in [1.29, 1.82) is 0 Å². The van der Waals surface area contributed by atoms with Gasteiger partial charge in [0.05, 0.1) is 0 Å². The molecule has 1 aliphatic rings. The molecule has 0 aliphatic carbocycles. The Balaban J connectivity index is 1.96. The number of hydrogen-bond acceptors (Lipinski definition) is 2. The number of rotatable bonds is 5. The Morgan fingerprint density at radius 3 is 2.62 bits per heavy atom. The van der Waals surface area contributed by atoms with E-state index in [0.717, 1.165) is 19.6 Å². The summed E-state index contributed by atoms with van der Waals surface area (Å²) in [7, 11) is 0.